The van der Waals surface area contributed by atoms with Crippen LogP contribution in [0.15, 0.2) is 16.8 Å². The first-order valence-corrected chi connectivity index (χ1v) is 5.61. The number of carbonyl (C=O) groups is 1. The number of aromatic nitrogens is 2. The number of fused-ring (bicyclic) bond motifs is 1. The summed E-state index contributed by atoms with van der Waals surface area (Å²) in [7, 11) is 0. The van der Waals surface area contributed by atoms with Crippen LogP contribution in [0, 0.1) is 6.92 Å². The van der Waals surface area contributed by atoms with E-state index in [1.54, 1.807) is 19.9 Å². The van der Waals surface area contributed by atoms with Crippen LogP contribution in [0.5, 0.6) is 0 Å². The number of esters is 1. The number of hydrogen-bond acceptors (Lipinski definition) is 5. The Hall–Kier alpha value is -1.91. The van der Waals surface area contributed by atoms with Crippen LogP contribution in [0.1, 0.15) is 36.8 Å². The van der Waals surface area contributed by atoms with Gasteiger partial charge in [-0.2, -0.15) is 0 Å². The molecular weight excluding hydrogens is 220 g/mol. The number of carbonyl (C=O) groups excluding carboxylic acids is 1. The van der Waals surface area contributed by atoms with Crippen LogP contribution in [0.4, 0.5) is 0 Å². The second kappa shape index (κ2) is 5.98. The highest BCUT2D eigenvalue weighted by atomic mass is 16.5. The van der Waals surface area contributed by atoms with Gasteiger partial charge in [0.1, 0.15) is 0 Å². The molecule has 0 saturated heterocycles. The quantitative estimate of drug-likeness (QED) is 0.750. The first-order chi connectivity index (χ1) is 8.22. The van der Waals surface area contributed by atoms with E-state index < -0.39 is 0 Å². The van der Waals surface area contributed by atoms with E-state index in [2.05, 4.69) is 10.1 Å². The van der Waals surface area contributed by atoms with Gasteiger partial charge in [0.25, 0.3) is 5.71 Å². The highest BCUT2D eigenvalue weighted by molar-refractivity contribution is 5.93. The van der Waals surface area contributed by atoms with Crippen molar-refractivity contribution in [1.29, 1.82) is 0 Å². The maximum absolute atomic E-state index is 11.4. The van der Waals surface area contributed by atoms with Gasteiger partial charge in [0.2, 0.25) is 0 Å². The molecule has 0 bridgehead atoms. The van der Waals surface area contributed by atoms with Crippen LogP contribution < -0.4 is 0 Å². The minimum absolute atomic E-state index is 0.347. The van der Waals surface area contributed by atoms with E-state index in [1.807, 2.05) is 13.8 Å². The lowest BCUT2D eigenvalue weighted by atomic mass is 10.2. The first kappa shape index (κ1) is 13.2. The van der Waals surface area contributed by atoms with Crippen molar-refractivity contribution in [3.63, 3.8) is 0 Å². The van der Waals surface area contributed by atoms with E-state index in [-0.39, 0.29) is 5.97 Å². The Bertz CT molecular complexity index is 505. The zero-order chi connectivity index (χ0) is 12.8. The SMILES string of the molecule is CC.CCOC(=O)c1cnc2onc(C)c2c1. The summed E-state index contributed by atoms with van der Waals surface area (Å²) in [5.74, 6) is -0.382. The number of aryl methyl sites for hydroxylation is 1. The fraction of sp³-hybridized carbons (Fsp3) is 0.417. The van der Waals surface area contributed by atoms with Crippen LogP contribution in [0.2, 0.25) is 0 Å². The van der Waals surface area contributed by atoms with Crippen molar-refractivity contribution < 1.29 is 14.1 Å². The fourth-order valence-electron chi connectivity index (χ4n) is 1.27. The van der Waals surface area contributed by atoms with Gasteiger partial charge in [0, 0.05) is 6.20 Å². The molecule has 0 atom stereocenters. The van der Waals surface area contributed by atoms with Gasteiger partial charge in [-0.15, -0.1) is 0 Å². The number of hydrogen-bond donors (Lipinski definition) is 0. The average molecular weight is 236 g/mol. The molecular formula is C12H16N2O3. The summed E-state index contributed by atoms with van der Waals surface area (Å²) in [6.07, 6.45) is 1.42. The Morgan fingerprint density at radius 2 is 2.18 bits per heavy atom. The zero-order valence-electron chi connectivity index (χ0n) is 10.5. The van der Waals surface area contributed by atoms with E-state index in [9.17, 15) is 4.79 Å². The Labute approximate surface area is 99.8 Å². The lowest BCUT2D eigenvalue weighted by molar-refractivity contribution is 0.0526. The Morgan fingerprint density at radius 3 is 2.82 bits per heavy atom. The highest BCUT2D eigenvalue weighted by Crippen LogP contribution is 2.17. The summed E-state index contributed by atoms with van der Waals surface area (Å²) < 4.78 is 9.79. The molecule has 0 radical (unpaired) electrons. The second-order valence-electron chi connectivity index (χ2n) is 3.07. The van der Waals surface area contributed by atoms with Crippen LogP contribution in [-0.4, -0.2) is 22.7 Å². The summed E-state index contributed by atoms with van der Waals surface area (Å²) in [6, 6.07) is 1.67. The average Bonchev–Trinajstić information content (AvgIpc) is 2.73. The molecule has 2 heterocycles. The minimum Gasteiger partial charge on any atom is -0.462 e. The second-order valence-corrected chi connectivity index (χ2v) is 3.07. The van der Waals surface area contributed by atoms with Crippen molar-refractivity contribution in [3.05, 3.63) is 23.5 Å². The van der Waals surface area contributed by atoms with Crippen molar-refractivity contribution >= 4 is 17.1 Å². The predicted molar refractivity (Wildman–Crippen MR) is 63.8 cm³/mol. The van der Waals surface area contributed by atoms with Gasteiger partial charge in [0.05, 0.1) is 23.3 Å². The van der Waals surface area contributed by atoms with E-state index >= 15 is 0 Å². The molecule has 0 amide bonds. The Balaban J connectivity index is 0.000000686. The molecule has 0 saturated carbocycles. The summed E-state index contributed by atoms with van der Waals surface area (Å²) in [6.45, 7) is 7.90. The molecule has 0 aliphatic heterocycles. The number of pyridine rings is 1. The van der Waals surface area contributed by atoms with Gasteiger partial charge in [-0.25, -0.2) is 9.78 Å². The Kier molecular flexibility index (Phi) is 4.63. The van der Waals surface area contributed by atoms with Crippen LogP contribution in [-0.2, 0) is 4.74 Å². The van der Waals surface area contributed by atoms with E-state index in [0.29, 0.717) is 23.6 Å². The molecule has 5 heteroatoms. The molecule has 5 nitrogen and oxygen atoms in total. The number of rotatable bonds is 2. The predicted octanol–water partition coefficient (Wildman–Crippen LogP) is 2.73. The molecule has 0 fully saturated rings. The highest BCUT2D eigenvalue weighted by Gasteiger charge is 2.11. The van der Waals surface area contributed by atoms with Gasteiger partial charge < -0.3 is 9.26 Å². The van der Waals surface area contributed by atoms with E-state index in [4.69, 9.17) is 9.26 Å². The monoisotopic (exact) mass is 236 g/mol. The molecule has 0 spiro atoms. The van der Waals surface area contributed by atoms with Crippen molar-refractivity contribution in [2.24, 2.45) is 0 Å². The molecule has 17 heavy (non-hydrogen) atoms. The number of nitrogens with zero attached hydrogens (tertiary/aromatic N) is 2. The molecule has 0 N–H and O–H groups in total. The summed E-state index contributed by atoms with van der Waals surface area (Å²) in [5.41, 5.74) is 1.56. The molecule has 0 unspecified atom stereocenters. The standard InChI is InChI=1S/C10H10N2O3.C2H6/c1-3-14-10(13)7-4-8-6(2)12-15-9(8)11-5-7;1-2/h4-5H,3H2,1-2H3;1-2H3. The third-order valence-electron chi connectivity index (χ3n) is 2.02. The van der Waals surface area contributed by atoms with Gasteiger partial charge in [-0.1, -0.05) is 19.0 Å². The topological polar surface area (TPSA) is 65.2 Å². The van der Waals surface area contributed by atoms with Crippen molar-refractivity contribution in [1.82, 2.24) is 10.1 Å². The van der Waals surface area contributed by atoms with Crippen molar-refractivity contribution in [2.45, 2.75) is 27.7 Å². The molecule has 92 valence electrons. The van der Waals surface area contributed by atoms with Gasteiger partial charge in [-0.05, 0) is 19.9 Å². The van der Waals surface area contributed by atoms with Gasteiger partial charge in [0.15, 0.2) is 0 Å². The Morgan fingerprint density at radius 1 is 1.47 bits per heavy atom. The van der Waals surface area contributed by atoms with Crippen LogP contribution >= 0.6 is 0 Å². The van der Waals surface area contributed by atoms with E-state index in [1.165, 1.54) is 6.20 Å². The lowest BCUT2D eigenvalue weighted by Gasteiger charge is -1.99. The lowest BCUT2D eigenvalue weighted by Crippen LogP contribution is -2.04. The molecule has 0 aromatic carbocycles. The third-order valence-corrected chi connectivity index (χ3v) is 2.02. The van der Waals surface area contributed by atoms with Crippen molar-refractivity contribution in [3.8, 4) is 0 Å². The molecule has 2 aromatic heterocycles. The van der Waals surface area contributed by atoms with Gasteiger partial charge in [-0.3, -0.25) is 0 Å². The normalized spacial score (nSPS) is 9.65. The molecule has 2 aromatic rings. The largest absolute Gasteiger partial charge is 0.462 e. The molecule has 0 aliphatic rings. The smallest absolute Gasteiger partial charge is 0.339 e. The zero-order valence-corrected chi connectivity index (χ0v) is 10.5. The molecule has 2 rings (SSSR count). The van der Waals surface area contributed by atoms with Gasteiger partial charge >= 0.3 is 5.97 Å². The summed E-state index contributed by atoms with van der Waals surface area (Å²) in [5, 5.41) is 4.49. The van der Waals surface area contributed by atoms with Crippen LogP contribution in [0.25, 0.3) is 11.1 Å². The van der Waals surface area contributed by atoms with Crippen molar-refractivity contribution in [2.75, 3.05) is 6.61 Å². The minimum atomic E-state index is -0.382. The van der Waals surface area contributed by atoms with Crippen LogP contribution in [0.3, 0.4) is 0 Å². The fourth-order valence-corrected chi connectivity index (χ4v) is 1.27. The molecule has 0 aliphatic carbocycles. The third kappa shape index (κ3) is 2.81. The summed E-state index contributed by atoms with van der Waals surface area (Å²) >= 11 is 0. The maximum Gasteiger partial charge on any atom is 0.339 e. The maximum atomic E-state index is 11.4. The van der Waals surface area contributed by atoms with E-state index in [0.717, 1.165) is 5.39 Å². The number of ether oxygens (including phenoxy) is 1. The summed E-state index contributed by atoms with van der Waals surface area (Å²) in [4.78, 5) is 15.4. The first-order valence-electron chi connectivity index (χ1n) is 5.61.